The molecule has 1 aliphatic rings. The van der Waals surface area contributed by atoms with Gasteiger partial charge in [-0.15, -0.1) is 0 Å². The van der Waals surface area contributed by atoms with Crippen molar-refractivity contribution in [3.05, 3.63) is 95.6 Å². The summed E-state index contributed by atoms with van der Waals surface area (Å²) in [7, 11) is 3.25. The average Bonchev–Trinajstić information content (AvgIpc) is 2.99. The summed E-state index contributed by atoms with van der Waals surface area (Å²) in [5.74, 6) is 0.606. The number of methoxy groups -OCH3 is 2. The second-order valence-corrected chi connectivity index (χ2v) is 10.5. The van der Waals surface area contributed by atoms with Gasteiger partial charge in [-0.05, 0) is 60.7 Å². The molecular weight excluding hydrogens is 522 g/mol. The van der Waals surface area contributed by atoms with Crippen LogP contribution in [0.1, 0.15) is 30.5 Å². The molecule has 1 fully saturated rings. The van der Waals surface area contributed by atoms with Gasteiger partial charge in [-0.25, -0.2) is 4.79 Å². The summed E-state index contributed by atoms with van der Waals surface area (Å²) in [4.78, 5) is 28.1. The van der Waals surface area contributed by atoms with E-state index in [1.165, 1.54) is 0 Å². The number of ether oxygens (including phenoxy) is 4. The number of carbonyl (C=O) groups is 2. The van der Waals surface area contributed by atoms with Crippen LogP contribution in [0.5, 0.6) is 11.5 Å². The van der Waals surface area contributed by atoms with Crippen molar-refractivity contribution in [3.8, 4) is 11.5 Å². The number of benzene rings is 3. The first-order chi connectivity index (χ1) is 19.8. The summed E-state index contributed by atoms with van der Waals surface area (Å²) in [5.41, 5.74) is 2.96. The zero-order chi connectivity index (χ0) is 29.4. The highest BCUT2D eigenvalue weighted by Crippen LogP contribution is 2.39. The number of amides is 1. The molecule has 4 rings (SSSR count). The van der Waals surface area contributed by atoms with Gasteiger partial charge >= 0.3 is 6.16 Å². The fourth-order valence-electron chi connectivity index (χ4n) is 5.51. The number of hydrogen-bond acceptors (Lipinski definition) is 7. The van der Waals surface area contributed by atoms with E-state index < -0.39 is 18.2 Å². The normalized spacial score (nSPS) is 17.9. The lowest BCUT2D eigenvalue weighted by Crippen LogP contribution is -2.70. The summed E-state index contributed by atoms with van der Waals surface area (Å²) in [5, 5.41) is 10.1. The summed E-state index contributed by atoms with van der Waals surface area (Å²) in [6.45, 7) is 3.60. The third kappa shape index (κ3) is 7.38. The molecule has 3 aromatic carbocycles. The molecule has 41 heavy (non-hydrogen) atoms. The van der Waals surface area contributed by atoms with Crippen LogP contribution in [0, 0.1) is 11.8 Å². The topological polar surface area (TPSA) is 94.5 Å². The van der Waals surface area contributed by atoms with Crippen molar-refractivity contribution < 1.29 is 33.6 Å². The van der Waals surface area contributed by atoms with Crippen molar-refractivity contribution in [2.75, 3.05) is 20.8 Å². The Morgan fingerprint density at radius 2 is 1.37 bits per heavy atom. The third-order valence-corrected chi connectivity index (χ3v) is 7.74. The molecule has 218 valence electrons. The van der Waals surface area contributed by atoms with Gasteiger partial charge in [0, 0.05) is 18.6 Å². The summed E-state index contributed by atoms with van der Waals surface area (Å²) in [6, 6.07) is 24.5. The molecular formula is C33H39NO7. The highest BCUT2D eigenvalue weighted by atomic mass is 16.7. The molecule has 8 nitrogen and oxygen atoms in total. The van der Waals surface area contributed by atoms with E-state index in [-0.39, 0.29) is 37.1 Å². The standard InChI is InChI=1S/C33H39NO7/c1-22(20-35)31-30(23(2)41-33(37)40-21-26-8-6-5-7-9-26)32(36)34(31)27(18-24-10-14-28(38-3)15-11-24)19-25-12-16-29(39-4)17-13-25/h5-17,22-23,27,30-31,35H,18-21H2,1-4H3/t22-,23?,30?,31?/m1/s1. The Kier molecular flexibility index (Phi) is 10.2. The van der Waals surface area contributed by atoms with E-state index in [9.17, 15) is 14.7 Å². The summed E-state index contributed by atoms with van der Waals surface area (Å²) in [6.07, 6.45) is -0.325. The molecule has 0 radical (unpaired) electrons. The smallest absolute Gasteiger partial charge is 0.497 e. The van der Waals surface area contributed by atoms with Crippen LogP contribution in [0.2, 0.25) is 0 Å². The van der Waals surface area contributed by atoms with E-state index in [1.54, 1.807) is 21.1 Å². The number of nitrogens with zero attached hydrogens (tertiary/aromatic N) is 1. The predicted octanol–water partition coefficient (Wildman–Crippen LogP) is 5.05. The van der Waals surface area contributed by atoms with E-state index in [0.717, 1.165) is 28.2 Å². The van der Waals surface area contributed by atoms with Crippen molar-refractivity contribution in [2.45, 2.75) is 51.5 Å². The number of aliphatic hydroxyl groups is 1. The molecule has 1 heterocycles. The van der Waals surface area contributed by atoms with Gasteiger partial charge in [0.2, 0.25) is 5.91 Å². The molecule has 4 atom stereocenters. The summed E-state index contributed by atoms with van der Waals surface area (Å²) < 4.78 is 21.5. The average molecular weight is 562 g/mol. The van der Waals surface area contributed by atoms with Crippen LogP contribution < -0.4 is 9.47 Å². The third-order valence-electron chi connectivity index (χ3n) is 7.74. The number of likely N-dealkylation sites (tertiary alicyclic amines) is 1. The van der Waals surface area contributed by atoms with E-state index in [0.29, 0.717) is 12.8 Å². The minimum absolute atomic E-state index is 0.0827. The van der Waals surface area contributed by atoms with Gasteiger partial charge in [0.15, 0.2) is 0 Å². The number of aliphatic hydroxyl groups excluding tert-OH is 1. The summed E-state index contributed by atoms with van der Waals surface area (Å²) >= 11 is 0. The van der Waals surface area contributed by atoms with E-state index in [4.69, 9.17) is 18.9 Å². The van der Waals surface area contributed by atoms with Crippen molar-refractivity contribution in [1.29, 1.82) is 0 Å². The van der Waals surface area contributed by atoms with Crippen LogP contribution in [-0.4, -0.2) is 61.1 Å². The zero-order valence-electron chi connectivity index (χ0n) is 24.1. The van der Waals surface area contributed by atoms with Gasteiger partial charge in [0.05, 0.1) is 26.2 Å². The largest absolute Gasteiger partial charge is 0.508 e. The fraction of sp³-hybridized carbons (Fsp3) is 0.394. The van der Waals surface area contributed by atoms with Crippen LogP contribution >= 0.6 is 0 Å². The predicted molar refractivity (Wildman–Crippen MR) is 155 cm³/mol. The van der Waals surface area contributed by atoms with Crippen molar-refractivity contribution in [2.24, 2.45) is 11.8 Å². The second kappa shape index (κ2) is 14.0. The molecule has 1 saturated heterocycles. The maximum absolute atomic E-state index is 13.8. The highest BCUT2D eigenvalue weighted by Gasteiger charge is 2.55. The maximum Gasteiger partial charge on any atom is 0.508 e. The molecule has 3 aromatic rings. The highest BCUT2D eigenvalue weighted by molar-refractivity contribution is 5.87. The first-order valence-electron chi connectivity index (χ1n) is 13.9. The Hall–Kier alpha value is -4.04. The lowest BCUT2D eigenvalue weighted by molar-refractivity contribution is -0.176. The van der Waals surface area contributed by atoms with Gasteiger partial charge in [-0.1, -0.05) is 61.5 Å². The Bertz CT molecular complexity index is 1210. The van der Waals surface area contributed by atoms with E-state index >= 15 is 0 Å². The molecule has 1 amide bonds. The van der Waals surface area contributed by atoms with Gasteiger partial charge in [0.1, 0.15) is 24.2 Å². The second-order valence-electron chi connectivity index (χ2n) is 10.5. The minimum atomic E-state index is -0.823. The van der Waals surface area contributed by atoms with Crippen molar-refractivity contribution >= 4 is 12.1 Å². The molecule has 1 N–H and O–H groups in total. The molecule has 0 saturated carbocycles. The number of rotatable bonds is 13. The van der Waals surface area contributed by atoms with E-state index in [2.05, 4.69) is 0 Å². The molecule has 0 aliphatic carbocycles. The Balaban J connectivity index is 1.52. The maximum atomic E-state index is 13.8. The van der Waals surface area contributed by atoms with Crippen molar-refractivity contribution in [3.63, 3.8) is 0 Å². The Labute approximate surface area is 241 Å². The van der Waals surface area contributed by atoms with Crippen LogP contribution in [0.4, 0.5) is 4.79 Å². The molecule has 0 aromatic heterocycles. The first-order valence-corrected chi connectivity index (χ1v) is 13.9. The monoisotopic (exact) mass is 561 g/mol. The molecule has 3 unspecified atom stereocenters. The molecule has 1 aliphatic heterocycles. The SMILES string of the molecule is COc1ccc(CC(Cc2ccc(OC)cc2)N2C(=O)C(C(C)OC(=O)OCc3ccccc3)C2[C@H](C)CO)cc1. The Morgan fingerprint density at radius 1 is 0.829 bits per heavy atom. The quantitative estimate of drug-likeness (QED) is 0.230. The van der Waals surface area contributed by atoms with Crippen LogP contribution in [-0.2, 0) is 33.7 Å². The molecule has 0 spiro atoms. The van der Waals surface area contributed by atoms with Crippen LogP contribution in [0.15, 0.2) is 78.9 Å². The van der Waals surface area contributed by atoms with Gasteiger partial charge in [0.25, 0.3) is 0 Å². The number of carbonyl (C=O) groups excluding carboxylic acids is 2. The lowest BCUT2D eigenvalue weighted by Gasteiger charge is -2.54. The zero-order valence-corrected chi connectivity index (χ0v) is 24.1. The molecule has 8 heteroatoms. The van der Waals surface area contributed by atoms with Crippen LogP contribution in [0.3, 0.4) is 0 Å². The first kappa shape index (κ1) is 29.9. The van der Waals surface area contributed by atoms with Crippen molar-refractivity contribution in [1.82, 2.24) is 4.90 Å². The van der Waals surface area contributed by atoms with E-state index in [1.807, 2.05) is 90.7 Å². The van der Waals surface area contributed by atoms with Gasteiger partial charge < -0.3 is 29.0 Å². The molecule has 0 bridgehead atoms. The number of hydrogen-bond donors (Lipinski definition) is 1. The van der Waals surface area contributed by atoms with Gasteiger partial charge in [-0.3, -0.25) is 4.79 Å². The minimum Gasteiger partial charge on any atom is -0.497 e. The van der Waals surface area contributed by atoms with Crippen LogP contribution in [0.25, 0.3) is 0 Å². The Morgan fingerprint density at radius 3 is 1.85 bits per heavy atom. The number of β-lactam (4-membered cyclic amide) rings is 1. The van der Waals surface area contributed by atoms with Gasteiger partial charge in [-0.2, -0.15) is 0 Å². The lowest BCUT2D eigenvalue weighted by atomic mass is 9.74. The fourth-order valence-corrected chi connectivity index (χ4v) is 5.51.